The molecule has 5 rings (SSSR count). The van der Waals surface area contributed by atoms with Crippen molar-refractivity contribution in [2.75, 3.05) is 39.6 Å². The van der Waals surface area contributed by atoms with E-state index in [4.69, 9.17) is 37.9 Å². The molecular formula is C48H56O10. The van der Waals surface area contributed by atoms with Crippen molar-refractivity contribution < 1.29 is 47.5 Å². The summed E-state index contributed by atoms with van der Waals surface area (Å²) in [6.07, 6.45) is 8.65. The first kappa shape index (κ1) is 43.9. The van der Waals surface area contributed by atoms with Gasteiger partial charge in [-0.2, -0.15) is 0 Å². The van der Waals surface area contributed by atoms with Gasteiger partial charge in [0.15, 0.2) is 0 Å². The second-order valence-electron chi connectivity index (χ2n) is 13.8. The van der Waals surface area contributed by atoms with E-state index in [9.17, 15) is 9.59 Å². The highest BCUT2D eigenvalue weighted by Crippen LogP contribution is 2.26. The number of rotatable bonds is 26. The van der Waals surface area contributed by atoms with Crippen molar-refractivity contribution in [1.29, 1.82) is 0 Å². The van der Waals surface area contributed by atoms with Gasteiger partial charge in [0.25, 0.3) is 0 Å². The van der Waals surface area contributed by atoms with E-state index >= 15 is 0 Å². The summed E-state index contributed by atoms with van der Waals surface area (Å²) in [5.41, 5.74) is 6.44. The van der Waals surface area contributed by atoms with E-state index in [0.717, 1.165) is 96.2 Å². The van der Waals surface area contributed by atoms with E-state index < -0.39 is 12.6 Å². The van der Waals surface area contributed by atoms with Crippen molar-refractivity contribution in [3.8, 4) is 33.8 Å². The van der Waals surface area contributed by atoms with Crippen LogP contribution in [0.3, 0.4) is 0 Å². The lowest BCUT2D eigenvalue weighted by Crippen LogP contribution is -2.41. The molecule has 0 aromatic heterocycles. The zero-order valence-corrected chi connectivity index (χ0v) is 33.4. The first-order valence-corrected chi connectivity index (χ1v) is 20.2. The monoisotopic (exact) mass is 792 g/mol. The summed E-state index contributed by atoms with van der Waals surface area (Å²) in [5, 5.41) is 0. The number of unbranched alkanes of at least 4 members (excludes halogenated alkanes) is 6. The van der Waals surface area contributed by atoms with Crippen molar-refractivity contribution in [1.82, 2.24) is 0 Å². The van der Waals surface area contributed by atoms with Crippen LogP contribution in [-0.4, -0.2) is 64.2 Å². The van der Waals surface area contributed by atoms with Gasteiger partial charge in [-0.15, -0.1) is 0 Å². The molecule has 0 amide bonds. The highest BCUT2D eigenvalue weighted by atomic mass is 16.8. The first-order chi connectivity index (χ1) is 28.5. The third-order valence-corrected chi connectivity index (χ3v) is 9.42. The largest absolute Gasteiger partial charge is 0.494 e. The molecule has 0 N–H and O–H groups in total. The van der Waals surface area contributed by atoms with E-state index in [1.54, 1.807) is 0 Å². The Morgan fingerprint density at radius 3 is 1.16 bits per heavy atom. The first-order valence-electron chi connectivity index (χ1n) is 20.2. The van der Waals surface area contributed by atoms with Crippen LogP contribution in [0.5, 0.6) is 11.5 Å². The Morgan fingerprint density at radius 1 is 0.483 bits per heavy atom. The molecule has 4 aromatic rings. The van der Waals surface area contributed by atoms with Gasteiger partial charge in [0.1, 0.15) is 11.5 Å². The van der Waals surface area contributed by atoms with Gasteiger partial charge in [-0.25, -0.2) is 9.59 Å². The van der Waals surface area contributed by atoms with Gasteiger partial charge in [-0.05, 0) is 109 Å². The summed E-state index contributed by atoms with van der Waals surface area (Å²) in [4.78, 5) is 22.1. The van der Waals surface area contributed by atoms with E-state index in [1.807, 2.05) is 24.3 Å². The summed E-state index contributed by atoms with van der Waals surface area (Å²) in [6, 6.07) is 32.8. The number of hydrogen-bond acceptors (Lipinski definition) is 10. The predicted octanol–water partition coefficient (Wildman–Crippen LogP) is 9.79. The molecule has 0 bridgehead atoms. The molecule has 0 radical (unpaired) electrons. The Bertz CT molecular complexity index is 1670. The number of ether oxygens (including phenoxy) is 8. The molecule has 58 heavy (non-hydrogen) atoms. The maximum Gasteiger partial charge on any atom is 0.330 e. The van der Waals surface area contributed by atoms with Crippen LogP contribution < -0.4 is 9.47 Å². The summed E-state index contributed by atoms with van der Waals surface area (Å²) in [5.74, 6) is 0.938. The summed E-state index contributed by atoms with van der Waals surface area (Å²) >= 11 is 0. The topological polar surface area (TPSA) is 108 Å². The molecule has 0 saturated carbocycles. The van der Waals surface area contributed by atoms with Crippen LogP contribution >= 0.6 is 0 Å². The molecule has 308 valence electrons. The predicted molar refractivity (Wildman–Crippen MR) is 223 cm³/mol. The Labute approximate surface area is 342 Å². The molecule has 0 spiro atoms. The van der Waals surface area contributed by atoms with Gasteiger partial charge in [0, 0.05) is 12.2 Å². The summed E-state index contributed by atoms with van der Waals surface area (Å²) in [6.45, 7) is 10.5. The fourth-order valence-electron chi connectivity index (χ4n) is 6.13. The van der Waals surface area contributed by atoms with Crippen LogP contribution in [0.25, 0.3) is 22.3 Å². The number of carbonyl (C=O) groups is 2. The third kappa shape index (κ3) is 15.6. The SMILES string of the molecule is C=CC(=O)OCCCCCCOc1ccc(-c2ccc(COC3OCCOC3OCc3ccc(-c4ccc(OCCCCCCOC(=O)C=C)cc4)cc3)cc2)cc1. The zero-order chi connectivity index (χ0) is 40.6. The fourth-order valence-corrected chi connectivity index (χ4v) is 6.13. The maximum absolute atomic E-state index is 11.1. The van der Waals surface area contributed by atoms with E-state index in [-0.39, 0.29) is 11.9 Å². The molecule has 1 aliphatic rings. The Hall–Kier alpha value is -5.26. The van der Waals surface area contributed by atoms with Crippen molar-refractivity contribution in [3.63, 3.8) is 0 Å². The smallest absolute Gasteiger partial charge is 0.330 e. The van der Waals surface area contributed by atoms with Gasteiger partial charge in [-0.1, -0.05) is 86.0 Å². The minimum Gasteiger partial charge on any atom is -0.494 e. The van der Waals surface area contributed by atoms with Crippen molar-refractivity contribution >= 4 is 11.9 Å². The molecule has 10 heteroatoms. The standard InChI is InChI=1S/C48H56O10/c1-3-45(49)53-31-11-7-5-9-29-51-43-25-21-41(22-26-43)39-17-13-37(14-18-39)35-57-47-48(56-34-33-55-47)58-36-38-15-19-40(20-16-38)42-23-27-44(28-24-42)52-30-10-6-8-12-32-54-46(50)4-2/h3-4,13-28,47-48H,1-2,5-12,29-36H2. The molecule has 0 aliphatic carbocycles. The average Bonchev–Trinajstić information content (AvgIpc) is 3.27. The highest BCUT2D eigenvalue weighted by Gasteiger charge is 2.28. The number of carbonyl (C=O) groups excluding carboxylic acids is 2. The van der Waals surface area contributed by atoms with Gasteiger partial charge >= 0.3 is 11.9 Å². The molecule has 2 unspecified atom stereocenters. The summed E-state index contributed by atoms with van der Waals surface area (Å²) in [7, 11) is 0. The van der Waals surface area contributed by atoms with E-state index in [0.29, 0.717) is 52.9 Å². The van der Waals surface area contributed by atoms with Crippen LogP contribution in [0.2, 0.25) is 0 Å². The normalized spacial score (nSPS) is 15.0. The van der Waals surface area contributed by atoms with Crippen LogP contribution in [0.15, 0.2) is 122 Å². The highest BCUT2D eigenvalue weighted by molar-refractivity contribution is 5.81. The molecule has 1 aliphatic heterocycles. The van der Waals surface area contributed by atoms with Crippen LogP contribution in [0.1, 0.15) is 62.5 Å². The minimum absolute atomic E-state index is 0.357. The third-order valence-electron chi connectivity index (χ3n) is 9.42. The Balaban J connectivity index is 0.975. The molecule has 1 heterocycles. The van der Waals surface area contributed by atoms with Crippen LogP contribution in [0.4, 0.5) is 0 Å². The van der Waals surface area contributed by atoms with E-state index in [1.165, 1.54) is 12.2 Å². The molecule has 10 nitrogen and oxygen atoms in total. The second kappa shape index (κ2) is 25.2. The van der Waals surface area contributed by atoms with Crippen molar-refractivity contribution in [2.24, 2.45) is 0 Å². The Morgan fingerprint density at radius 2 is 0.810 bits per heavy atom. The minimum atomic E-state index is -0.642. The molecule has 1 saturated heterocycles. The summed E-state index contributed by atoms with van der Waals surface area (Å²) < 4.78 is 45.9. The number of benzene rings is 4. The molecule has 2 atom stereocenters. The van der Waals surface area contributed by atoms with Gasteiger partial charge in [0.2, 0.25) is 12.6 Å². The van der Waals surface area contributed by atoms with Gasteiger partial charge < -0.3 is 37.9 Å². The lowest BCUT2D eigenvalue weighted by Gasteiger charge is -2.31. The van der Waals surface area contributed by atoms with Crippen molar-refractivity contribution in [3.05, 3.63) is 133 Å². The lowest BCUT2D eigenvalue weighted by atomic mass is 10.0. The maximum atomic E-state index is 11.1. The molecule has 4 aromatic carbocycles. The number of hydrogen-bond donors (Lipinski definition) is 0. The fraction of sp³-hybridized carbons (Fsp3) is 0.375. The van der Waals surface area contributed by atoms with Crippen molar-refractivity contribution in [2.45, 2.75) is 77.2 Å². The average molecular weight is 793 g/mol. The lowest BCUT2D eigenvalue weighted by molar-refractivity contribution is -0.326. The molecular weight excluding hydrogens is 737 g/mol. The number of esters is 2. The zero-order valence-electron chi connectivity index (χ0n) is 33.4. The second-order valence-corrected chi connectivity index (χ2v) is 13.8. The quantitative estimate of drug-likeness (QED) is 0.0347. The van der Waals surface area contributed by atoms with Gasteiger partial charge in [-0.3, -0.25) is 0 Å². The van der Waals surface area contributed by atoms with E-state index in [2.05, 4.69) is 86.0 Å². The Kier molecular flexibility index (Phi) is 19.0. The van der Waals surface area contributed by atoms with Crippen LogP contribution in [0, 0.1) is 0 Å². The molecule has 1 fully saturated rings. The van der Waals surface area contributed by atoms with Crippen LogP contribution in [-0.2, 0) is 51.2 Å². The van der Waals surface area contributed by atoms with Gasteiger partial charge in [0.05, 0.1) is 52.9 Å².